The van der Waals surface area contributed by atoms with Crippen molar-refractivity contribution in [3.05, 3.63) is 35.4 Å². The molecule has 29 heavy (non-hydrogen) atoms. The highest BCUT2D eigenvalue weighted by atomic mass is 127. The number of likely N-dealkylation sites (tertiary alicyclic amines) is 1. The summed E-state index contributed by atoms with van der Waals surface area (Å²) < 4.78 is 10.4. The molecule has 0 bridgehead atoms. The number of morpholine rings is 1. The average Bonchev–Trinajstić information content (AvgIpc) is 3.10. The van der Waals surface area contributed by atoms with Crippen LogP contribution in [0.25, 0.3) is 0 Å². The SMILES string of the molecule is CN=C(NCc1cccc(CN2CCOCC2)c1)N1CC(C)C(C(=O)OC)C1.I. The van der Waals surface area contributed by atoms with E-state index in [1.807, 2.05) is 0 Å². The van der Waals surface area contributed by atoms with Gasteiger partial charge in [-0.2, -0.15) is 0 Å². The third kappa shape index (κ3) is 6.55. The Hall–Kier alpha value is -1.39. The quantitative estimate of drug-likeness (QED) is 0.280. The molecule has 2 unspecified atom stereocenters. The first kappa shape index (κ1) is 23.9. The van der Waals surface area contributed by atoms with E-state index >= 15 is 0 Å². The molecule has 2 saturated heterocycles. The number of aliphatic imine (C=N–C) groups is 1. The summed E-state index contributed by atoms with van der Waals surface area (Å²) in [5, 5.41) is 3.45. The summed E-state index contributed by atoms with van der Waals surface area (Å²) in [5.74, 6) is 0.848. The largest absolute Gasteiger partial charge is 0.469 e. The zero-order valence-electron chi connectivity index (χ0n) is 17.6. The topological polar surface area (TPSA) is 66.4 Å². The molecule has 162 valence electrons. The zero-order chi connectivity index (χ0) is 19.9. The molecule has 3 rings (SSSR count). The van der Waals surface area contributed by atoms with Crippen LogP contribution < -0.4 is 5.32 Å². The molecular weight excluding hydrogens is 483 g/mol. The fourth-order valence-electron chi connectivity index (χ4n) is 3.97. The number of carbonyl (C=O) groups excluding carboxylic acids is 1. The van der Waals surface area contributed by atoms with Gasteiger partial charge in [-0.1, -0.05) is 31.2 Å². The minimum atomic E-state index is -0.138. The van der Waals surface area contributed by atoms with Crippen LogP contribution in [0, 0.1) is 11.8 Å². The van der Waals surface area contributed by atoms with Gasteiger partial charge >= 0.3 is 5.97 Å². The van der Waals surface area contributed by atoms with Gasteiger partial charge in [0.2, 0.25) is 0 Å². The summed E-state index contributed by atoms with van der Waals surface area (Å²) >= 11 is 0. The van der Waals surface area contributed by atoms with Crippen molar-refractivity contribution in [1.82, 2.24) is 15.1 Å². The van der Waals surface area contributed by atoms with Crippen LogP contribution in [0.2, 0.25) is 0 Å². The van der Waals surface area contributed by atoms with Gasteiger partial charge in [0.05, 0.1) is 26.2 Å². The molecule has 0 spiro atoms. The number of methoxy groups -OCH3 is 1. The second-order valence-corrected chi connectivity index (χ2v) is 7.62. The Morgan fingerprint density at radius 3 is 2.69 bits per heavy atom. The number of rotatable bonds is 5. The van der Waals surface area contributed by atoms with Gasteiger partial charge in [-0.05, 0) is 17.0 Å². The van der Waals surface area contributed by atoms with E-state index in [1.54, 1.807) is 7.05 Å². The van der Waals surface area contributed by atoms with E-state index in [0.29, 0.717) is 13.1 Å². The molecule has 2 aliphatic heterocycles. The van der Waals surface area contributed by atoms with Crippen molar-refractivity contribution in [3.8, 4) is 0 Å². The number of nitrogens with one attached hydrogen (secondary N) is 1. The fraction of sp³-hybridized carbons (Fsp3) is 0.619. The molecule has 0 aromatic heterocycles. The molecule has 1 aromatic rings. The van der Waals surface area contributed by atoms with Crippen molar-refractivity contribution in [2.75, 3.05) is 53.6 Å². The number of halogens is 1. The van der Waals surface area contributed by atoms with Crippen molar-refractivity contribution in [3.63, 3.8) is 0 Å². The average molecular weight is 516 g/mol. The normalized spacial score (nSPS) is 22.9. The molecule has 0 radical (unpaired) electrons. The summed E-state index contributed by atoms with van der Waals surface area (Å²) in [5.41, 5.74) is 2.54. The third-order valence-electron chi connectivity index (χ3n) is 5.58. The second-order valence-electron chi connectivity index (χ2n) is 7.62. The van der Waals surface area contributed by atoms with Gasteiger partial charge in [-0.25, -0.2) is 0 Å². The smallest absolute Gasteiger partial charge is 0.310 e. The molecule has 0 amide bonds. The molecule has 1 N–H and O–H groups in total. The highest BCUT2D eigenvalue weighted by molar-refractivity contribution is 14.0. The number of guanidine groups is 1. The van der Waals surface area contributed by atoms with E-state index in [4.69, 9.17) is 9.47 Å². The molecule has 0 saturated carbocycles. The minimum Gasteiger partial charge on any atom is -0.469 e. The van der Waals surface area contributed by atoms with Crippen LogP contribution in [0.3, 0.4) is 0 Å². The Labute approximate surface area is 190 Å². The van der Waals surface area contributed by atoms with Crippen molar-refractivity contribution in [2.45, 2.75) is 20.0 Å². The Bertz CT molecular complexity index is 694. The van der Waals surface area contributed by atoms with Crippen LogP contribution in [-0.2, 0) is 27.4 Å². The number of hydrogen-bond donors (Lipinski definition) is 1. The van der Waals surface area contributed by atoms with Gasteiger partial charge in [-0.15, -0.1) is 24.0 Å². The van der Waals surface area contributed by atoms with Crippen LogP contribution in [0.1, 0.15) is 18.1 Å². The standard InChI is InChI=1S/C21H32N4O3.HI/c1-16-13-25(15-19(16)20(26)27-3)21(22-2)23-12-17-5-4-6-18(11-17)14-24-7-9-28-10-8-24;/h4-6,11,16,19H,7-10,12-15H2,1-3H3,(H,22,23);1H. The Kier molecular flexibility index (Phi) is 9.64. The van der Waals surface area contributed by atoms with Crippen molar-refractivity contribution in [1.29, 1.82) is 0 Å². The Morgan fingerprint density at radius 2 is 2.00 bits per heavy atom. The van der Waals surface area contributed by atoms with E-state index in [2.05, 4.69) is 51.3 Å². The number of nitrogens with zero attached hydrogens (tertiary/aromatic N) is 3. The predicted octanol–water partition coefficient (Wildman–Crippen LogP) is 1.95. The monoisotopic (exact) mass is 516 g/mol. The zero-order valence-corrected chi connectivity index (χ0v) is 19.9. The molecular formula is C21H33IN4O3. The first-order valence-electron chi connectivity index (χ1n) is 10.0. The van der Waals surface area contributed by atoms with Gasteiger partial charge in [0.25, 0.3) is 0 Å². The number of benzene rings is 1. The second kappa shape index (κ2) is 11.7. The van der Waals surface area contributed by atoms with Crippen LogP contribution in [0.4, 0.5) is 0 Å². The lowest BCUT2D eigenvalue weighted by Crippen LogP contribution is -2.40. The van der Waals surface area contributed by atoms with Crippen molar-refractivity contribution in [2.24, 2.45) is 16.8 Å². The molecule has 2 atom stereocenters. The molecule has 8 heteroatoms. The summed E-state index contributed by atoms with van der Waals surface area (Å²) in [7, 11) is 3.24. The predicted molar refractivity (Wildman–Crippen MR) is 124 cm³/mol. The van der Waals surface area contributed by atoms with Crippen LogP contribution >= 0.6 is 24.0 Å². The summed E-state index contributed by atoms with van der Waals surface area (Å²) in [6, 6.07) is 8.67. The lowest BCUT2D eigenvalue weighted by molar-refractivity contribution is -0.145. The van der Waals surface area contributed by atoms with Crippen LogP contribution in [0.15, 0.2) is 29.3 Å². The molecule has 2 aliphatic rings. The van der Waals surface area contributed by atoms with E-state index in [9.17, 15) is 4.79 Å². The molecule has 2 heterocycles. The molecule has 1 aromatic carbocycles. The Morgan fingerprint density at radius 1 is 1.28 bits per heavy atom. The van der Waals surface area contributed by atoms with Gasteiger partial charge in [0, 0.05) is 46.3 Å². The maximum Gasteiger partial charge on any atom is 0.310 e. The maximum atomic E-state index is 11.9. The third-order valence-corrected chi connectivity index (χ3v) is 5.58. The van der Waals surface area contributed by atoms with E-state index < -0.39 is 0 Å². The van der Waals surface area contributed by atoms with Gasteiger partial charge in [0.1, 0.15) is 0 Å². The highest BCUT2D eigenvalue weighted by Gasteiger charge is 2.36. The molecule has 7 nitrogen and oxygen atoms in total. The van der Waals surface area contributed by atoms with Gasteiger partial charge in [0.15, 0.2) is 5.96 Å². The summed E-state index contributed by atoms with van der Waals surface area (Å²) in [6.45, 7) is 8.81. The van der Waals surface area contributed by atoms with E-state index in [-0.39, 0.29) is 41.8 Å². The molecule has 2 fully saturated rings. The first-order chi connectivity index (χ1) is 13.6. The number of hydrogen-bond acceptors (Lipinski definition) is 5. The fourth-order valence-corrected chi connectivity index (χ4v) is 3.97. The lowest BCUT2D eigenvalue weighted by atomic mass is 9.99. The Balaban J connectivity index is 0.00000300. The minimum absolute atomic E-state index is 0. The highest BCUT2D eigenvalue weighted by Crippen LogP contribution is 2.24. The van der Waals surface area contributed by atoms with E-state index in [1.165, 1.54) is 18.2 Å². The number of carbonyl (C=O) groups is 1. The van der Waals surface area contributed by atoms with Crippen molar-refractivity contribution < 1.29 is 14.3 Å². The van der Waals surface area contributed by atoms with Gasteiger partial charge in [-0.3, -0.25) is 14.7 Å². The molecule has 0 aliphatic carbocycles. The number of ether oxygens (including phenoxy) is 2. The number of esters is 1. The lowest BCUT2D eigenvalue weighted by Gasteiger charge is -2.26. The maximum absolute atomic E-state index is 11.9. The van der Waals surface area contributed by atoms with Gasteiger partial charge < -0.3 is 19.7 Å². The van der Waals surface area contributed by atoms with E-state index in [0.717, 1.165) is 45.4 Å². The van der Waals surface area contributed by atoms with Crippen LogP contribution in [0.5, 0.6) is 0 Å². The first-order valence-corrected chi connectivity index (χ1v) is 10.0. The summed E-state index contributed by atoms with van der Waals surface area (Å²) in [6.07, 6.45) is 0. The van der Waals surface area contributed by atoms with Crippen molar-refractivity contribution >= 4 is 35.9 Å². The summed E-state index contributed by atoms with van der Waals surface area (Å²) in [4.78, 5) is 20.9. The van der Waals surface area contributed by atoms with Crippen LogP contribution in [-0.4, -0.2) is 75.3 Å².